The third-order valence-corrected chi connectivity index (χ3v) is 2.41. The summed E-state index contributed by atoms with van der Waals surface area (Å²) >= 11 is 0. The molecule has 0 aliphatic heterocycles. The average molecular weight is 194 g/mol. The van der Waals surface area contributed by atoms with E-state index in [4.69, 9.17) is 10.5 Å². The van der Waals surface area contributed by atoms with Crippen LogP contribution in [0.2, 0.25) is 0 Å². The van der Waals surface area contributed by atoms with E-state index in [0.717, 1.165) is 19.3 Å². The highest BCUT2D eigenvalue weighted by molar-refractivity contribution is 5.85. The van der Waals surface area contributed by atoms with E-state index < -0.39 is 0 Å². The lowest BCUT2D eigenvalue weighted by Gasteiger charge is -2.37. The molecule has 1 aliphatic carbocycles. The number of rotatable bonds is 3. The number of ether oxygens (including phenoxy) is 1. The smallest absolute Gasteiger partial charge is 0.313 e. The Morgan fingerprint density at radius 1 is 1.58 bits per heavy atom. The van der Waals surface area contributed by atoms with Gasteiger partial charge in [-0.25, -0.2) is 0 Å². The van der Waals surface area contributed by atoms with Crippen LogP contribution in [0.1, 0.15) is 26.2 Å². The van der Waals surface area contributed by atoms with Crippen molar-refractivity contribution in [2.45, 2.75) is 26.2 Å². The molecule has 0 aromatic heterocycles. The fraction of sp³-hybridized carbons (Fsp3) is 0.875. The van der Waals surface area contributed by atoms with Gasteiger partial charge in [0.2, 0.25) is 0 Å². The SMILES string of the molecule is CCOC(=O)C1(CN)CCC1.Cl. The fourth-order valence-corrected chi connectivity index (χ4v) is 1.38. The maximum atomic E-state index is 11.3. The molecule has 0 heterocycles. The first-order valence-electron chi connectivity index (χ1n) is 4.12. The van der Waals surface area contributed by atoms with Crippen LogP contribution in [0.25, 0.3) is 0 Å². The molecule has 0 amide bonds. The molecule has 1 rings (SSSR count). The van der Waals surface area contributed by atoms with Crippen LogP contribution in [0.3, 0.4) is 0 Å². The van der Waals surface area contributed by atoms with E-state index in [1.54, 1.807) is 0 Å². The summed E-state index contributed by atoms with van der Waals surface area (Å²) < 4.78 is 4.92. The highest BCUT2D eigenvalue weighted by atomic mass is 35.5. The summed E-state index contributed by atoms with van der Waals surface area (Å²) in [5.74, 6) is -0.103. The van der Waals surface area contributed by atoms with Crippen molar-refractivity contribution in [1.82, 2.24) is 0 Å². The van der Waals surface area contributed by atoms with Gasteiger partial charge in [-0.3, -0.25) is 4.79 Å². The first kappa shape index (κ1) is 11.7. The number of hydrogen-bond donors (Lipinski definition) is 1. The van der Waals surface area contributed by atoms with Gasteiger partial charge in [-0.05, 0) is 19.8 Å². The van der Waals surface area contributed by atoms with Gasteiger partial charge < -0.3 is 10.5 Å². The van der Waals surface area contributed by atoms with Gasteiger partial charge in [0.1, 0.15) is 0 Å². The minimum atomic E-state index is -0.310. The van der Waals surface area contributed by atoms with E-state index in [1.807, 2.05) is 6.92 Å². The largest absolute Gasteiger partial charge is 0.466 e. The average Bonchev–Trinajstić information content (AvgIpc) is 1.87. The van der Waals surface area contributed by atoms with Crippen molar-refractivity contribution in [3.63, 3.8) is 0 Å². The zero-order valence-electron chi connectivity index (χ0n) is 7.34. The zero-order chi connectivity index (χ0) is 8.32. The first-order valence-corrected chi connectivity index (χ1v) is 4.12. The highest BCUT2D eigenvalue weighted by Gasteiger charge is 2.44. The fourth-order valence-electron chi connectivity index (χ4n) is 1.38. The van der Waals surface area contributed by atoms with Crippen molar-refractivity contribution in [2.24, 2.45) is 11.1 Å². The summed E-state index contributed by atoms with van der Waals surface area (Å²) in [4.78, 5) is 11.3. The molecule has 0 bridgehead atoms. The van der Waals surface area contributed by atoms with Crippen molar-refractivity contribution in [1.29, 1.82) is 0 Å². The van der Waals surface area contributed by atoms with Gasteiger partial charge in [0.15, 0.2) is 0 Å². The number of nitrogens with two attached hydrogens (primary N) is 1. The normalized spacial score (nSPS) is 18.8. The summed E-state index contributed by atoms with van der Waals surface area (Å²) in [6.07, 6.45) is 2.92. The Kier molecular flexibility index (Phi) is 4.57. The minimum Gasteiger partial charge on any atom is -0.466 e. The third-order valence-electron chi connectivity index (χ3n) is 2.41. The molecule has 72 valence electrons. The van der Waals surface area contributed by atoms with E-state index in [9.17, 15) is 4.79 Å². The summed E-state index contributed by atoms with van der Waals surface area (Å²) in [5.41, 5.74) is 5.19. The molecule has 0 aromatic carbocycles. The molecule has 0 radical (unpaired) electrons. The molecule has 4 heteroatoms. The predicted molar refractivity (Wildman–Crippen MR) is 49.2 cm³/mol. The van der Waals surface area contributed by atoms with Crippen LogP contribution in [-0.2, 0) is 9.53 Å². The minimum absolute atomic E-state index is 0. The van der Waals surface area contributed by atoms with Gasteiger partial charge in [-0.1, -0.05) is 6.42 Å². The molecule has 0 aromatic rings. The molecule has 1 fully saturated rings. The van der Waals surface area contributed by atoms with Crippen molar-refractivity contribution in [2.75, 3.05) is 13.2 Å². The Bertz CT molecular complexity index is 152. The van der Waals surface area contributed by atoms with Crippen LogP contribution in [-0.4, -0.2) is 19.1 Å². The summed E-state index contributed by atoms with van der Waals surface area (Å²) in [7, 11) is 0. The lowest BCUT2D eigenvalue weighted by Crippen LogP contribution is -2.45. The Balaban J connectivity index is 0.00000121. The molecule has 1 saturated carbocycles. The Morgan fingerprint density at radius 2 is 2.17 bits per heavy atom. The second-order valence-corrected chi connectivity index (χ2v) is 3.06. The summed E-state index contributed by atoms with van der Waals surface area (Å²) in [6, 6.07) is 0. The highest BCUT2D eigenvalue weighted by Crippen LogP contribution is 2.40. The van der Waals surface area contributed by atoms with Crippen molar-refractivity contribution in [3.8, 4) is 0 Å². The Morgan fingerprint density at radius 3 is 2.42 bits per heavy atom. The lowest BCUT2D eigenvalue weighted by atomic mass is 9.69. The lowest BCUT2D eigenvalue weighted by molar-refractivity contribution is -0.160. The Hall–Kier alpha value is -0.280. The number of esters is 1. The van der Waals surface area contributed by atoms with Crippen molar-refractivity contribution in [3.05, 3.63) is 0 Å². The first-order chi connectivity index (χ1) is 5.25. The third kappa shape index (κ3) is 1.90. The van der Waals surface area contributed by atoms with Gasteiger partial charge in [0.05, 0.1) is 12.0 Å². The molecule has 0 unspecified atom stereocenters. The number of halogens is 1. The van der Waals surface area contributed by atoms with Crippen LogP contribution < -0.4 is 5.73 Å². The van der Waals surface area contributed by atoms with Gasteiger partial charge >= 0.3 is 5.97 Å². The monoisotopic (exact) mass is 193 g/mol. The molecular formula is C8H16ClNO2. The standard InChI is InChI=1S/C8H15NO2.ClH/c1-2-11-7(10)8(6-9)4-3-5-8;/h2-6,9H2,1H3;1H. The van der Waals surface area contributed by atoms with Gasteiger partial charge in [0.25, 0.3) is 0 Å². The maximum Gasteiger partial charge on any atom is 0.313 e. The molecule has 0 spiro atoms. The van der Waals surface area contributed by atoms with E-state index >= 15 is 0 Å². The number of carbonyl (C=O) groups excluding carboxylic acids is 1. The van der Waals surface area contributed by atoms with E-state index in [0.29, 0.717) is 13.2 Å². The number of hydrogen-bond acceptors (Lipinski definition) is 3. The second-order valence-electron chi connectivity index (χ2n) is 3.06. The molecule has 3 nitrogen and oxygen atoms in total. The van der Waals surface area contributed by atoms with E-state index in [2.05, 4.69) is 0 Å². The summed E-state index contributed by atoms with van der Waals surface area (Å²) in [6.45, 7) is 2.72. The van der Waals surface area contributed by atoms with Gasteiger partial charge in [0, 0.05) is 6.54 Å². The quantitative estimate of drug-likeness (QED) is 0.683. The second kappa shape index (κ2) is 4.67. The maximum absolute atomic E-state index is 11.3. The van der Waals surface area contributed by atoms with Crippen LogP contribution in [0.5, 0.6) is 0 Å². The molecule has 0 saturated heterocycles. The summed E-state index contributed by atoms with van der Waals surface area (Å²) in [5, 5.41) is 0. The molecule has 0 atom stereocenters. The van der Waals surface area contributed by atoms with Gasteiger partial charge in [-0.15, -0.1) is 12.4 Å². The predicted octanol–water partition coefficient (Wildman–Crippen LogP) is 1.10. The Labute approximate surface area is 79.1 Å². The molecule has 12 heavy (non-hydrogen) atoms. The molecular weight excluding hydrogens is 178 g/mol. The van der Waals surface area contributed by atoms with Crippen LogP contribution in [0, 0.1) is 5.41 Å². The van der Waals surface area contributed by atoms with Crippen LogP contribution >= 0.6 is 12.4 Å². The number of carbonyl (C=O) groups is 1. The van der Waals surface area contributed by atoms with Crippen molar-refractivity contribution < 1.29 is 9.53 Å². The van der Waals surface area contributed by atoms with Gasteiger partial charge in [-0.2, -0.15) is 0 Å². The zero-order valence-corrected chi connectivity index (χ0v) is 8.15. The molecule has 1 aliphatic rings. The molecule has 2 N–H and O–H groups in total. The van der Waals surface area contributed by atoms with E-state index in [-0.39, 0.29) is 23.8 Å². The topological polar surface area (TPSA) is 52.3 Å². The van der Waals surface area contributed by atoms with E-state index in [1.165, 1.54) is 0 Å². The van der Waals surface area contributed by atoms with Crippen LogP contribution in [0.15, 0.2) is 0 Å². The van der Waals surface area contributed by atoms with Crippen LogP contribution in [0.4, 0.5) is 0 Å². The van der Waals surface area contributed by atoms with Crippen molar-refractivity contribution >= 4 is 18.4 Å².